The lowest BCUT2D eigenvalue weighted by Gasteiger charge is -2.15. The number of nitrogens with zero attached hydrogens (tertiary/aromatic N) is 2. The highest BCUT2D eigenvalue weighted by Gasteiger charge is 2.08. The van der Waals surface area contributed by atoms with Gasteiger partial charge < -0.3 is 10.1 Å². The second-order valence-electron chi connectivity index (χ2n) is 4.76. The lowest BCUT2D eigenvalue weighted by atomic mass is 10.1. The Morgan fingerprint density at radius 3 is 2.84 bits per heavy atom. The van der Waals surface area contributed by atoms with Gasteiger partial charge in [-0.2, -0.15) is 5.10 Å². The monoisotopic (exact) mass is 259 g/mol. The summed E-state index contributed by atoms with van der Waals surface area (Å²) in [6, 6.07) is 8.42. The molecule has 2 rings (SSSR count). The zero-order valence-electron chi connectivity index (χ0n) is 12.0. The molecule has 1 aromatic heterocycles. The third kappa shape index (κ3) is 3.15. The molecule has 0 amide bonds. The molecule has 0 radical (unpaired) electrons. The van der Waals surface area contributed by atoms with Crippen LogP contribution in [0.25, 0.3) is 0 Å². The first kappa shape index (κ1) is 13.6. The molecule has 0 aliphatic carbocycles. The molecule has 0 saturated heterocycles. The van der Waals surface area contributed by atoms with Crippen LogP contribution in [-0.4, -0.2) is 16.9 Å². The van der Waals surface area contributed by atoms with Gasteiger partial charge in [-0.3, -0.25) is 4.68 Å². The van der Waals surface area contributed by atoms with Crippen LogP contribution in [0, 0.1) is 6.92 Å². The molecule has 0 saturated carbocycles. The normalized spacial score (nSPS) is 12.4. The predicted octanol–water partition coefficient (Wildman–Crippen LogP) is 2.59. The summed E-state index contributed by atoms with van der Waals surface area (Å²) in [5, 5.41) is 7.76. The minimum absolute atomic E-state index is 0.273. The lowest BCUT2D eigenvalue weighted by Crippen LogP contribution is -2.18. The first-order chi connectivity index (χ1) is 9.11. The van der Waals surface area contributed by atoms with E-state index in [-0.39, 0.29) is 6.04 Å². The summed E-state index contributed by atoms with van der Waals surface area (Å²) in [6.07, 6.45) is 1.92. The number of hydrogen-bond donors (Lipinski definition) is 1. The van der Waals surface area contributed by atoms with Crippen molar-refractivity contribution in [1.29, 1.82) is 0 Å². The SMILES string of the molecule is COc1cccc([C@@H](C)NCc2cnn(C)c2C)c1. The van der Waals surface area contributed by atoms with Gasteiger partial charge in [0.05, 0.1) is 13.3 Å². The zero-order valence-corrected chi connectivity index (χ0v) is 12.0. The molecule has 102 valence electrons. The average molecular weight is 259 g/mol. The minimum atomic E-state index is 0.273. The summed E-state index contributed by atoms with van der Waals surface area (Å²) in [7, 11) is 3.65. The Morgan fingerprint density at radius 1 is 1.42 bits per heavy atom. The van der Waals surface area contributed by atoms with Gasteiger partial charge in [-0.15, -0.1) is 0 Å². The third-order valence-electron chi connectivity index (χ3n) is 3.53. The van der Waals surface area contributed by atoms with Gasteiger partial charge in [-0.25, -0.2) is 0 Å². The molecule has 0 unspecified atom stereocenters. The van der Waals surface area contributed by atoms with Crippen molar-refractivity contribution in [2.24, 2.45) is 7.05 Å². The molecule has 1 atom stereocenters. The van der Waals surface area contributed by atoms with E-state index in [1.807, 2.05) is 30.1 Å². The quantitative estimate of drug-likeness (QED) is 0.897. The van der Waals surface area contributed by atoms with Crippen LogP contribution in [0.4, 0.5) is 0 Å². The Morgan fingerprint density at radius 2 is 2.21 bits per heavy atom. The van der Waals surface area contributed by atoms with E-state index >= 15 is 0 Å². The second kappa shape index (κ2) is 5.89. The largest absolute Gasteiger partial charge is 0.497 e. The fourth-order valence-corrected chi connectivity index (χ4v) is 2.01. The Bertz CT molecular complexity index is 548. The molecule has 4 nitrogen and oxygen atoms in total. The number of rotatable bonds is 5. The molecule has 0 bridgehead atoms. The topological polar surface area (TPSA) is 39.1 Å². The molecule has 4 heteroatoms. The molecule has 0 fully saturated rings. The maximum Gasteiger partial charge on any atom is 0.119 e. The van der Waals surface area contributed by atoms with Gasteiger partial charge in [0.2, 0.25) is 0 Å². The smallest absolute Gasteiger partial charge is 0.119 e. The van der Waals surface area contributed by atoms with Crippen LogP contribution < -0.4 is 10.1 Å². The molecule has 1 aromatic carbocycles. The Balaban J connectivity index is 2.01. The van der Waals surface area contributed by atoms with E-state index in [9.17, 15) is 0 Å². The maximum atomic E-state index is 5.25. The van der Waals surface area contributed by atoms with Crippen LogP contribution >= 0.6 is 0 Å². The van der Waals surface area contributed by atoms with Gasteiger partial charge >= 0.3 is 0 Å². The summed E-state index contributed by atoms with van der Waals surface area (Å²) in [5.41, 5.74) is 3.66. The summed E-state index contributed by atoms with van der Waals surface area (Å²) < 4.78 is 7.15. The third-order valence-corrected chi connectivity index (χ3v) is 3.53. The van der Waals surface area contributed by atoms with Gasteiger partial charge in [0, 0.05) is 30.9 Å². The minimum Gasteiger partial charge on any atom is -0.497 e. The van der Waals surface area contributed by atoms with Crippen molar-refractivity contribution < 1.29 is 4.74 Å². The second-order valence-corrected chi connectivity index (χ2v) is 4.76. The van der Waals surface area contributed by atoms with Crippen molar-refractivity contribution in [3.63, 3.8) is 0 Å². The Hall–Kier alpha value is -1.81. The van der Waals surface area contributed by atoms with Crippen molar-refractivity contribution >= 4 is 0 Å². The van der Waals surface area contributed by atoms with Crippen molar-refractivity contribution in [3.05, 3.63) is 47.3 Å². The summed E-state index contributed by atoms with van der Waals surface area (Å²) in [6.45, 7) is 5.05. The van der Waals surface area contributed by atoms with Crippen molar-refractivity contribution in [2.45, 2.75) is 26.4 Å². The molecule has 1 heterocycles. The van der Waals surface area contributed by atoms with Crippen LogP contribution in [-0.2, 0) is 13.6 Å². The van der Waals surface area contributed by atoms with E-state index in [1.165, 1.54) is 16.8 Å². The number of ether oxygens (including phenoxy) is 1. The molecule has 0 aliphatic heterocycles. The van der Waals surface area contributed by atoms with Gasteiger partial charge in [0.1, 0.15) is 5.75 Å². The Labute approximate surface area is 114 Å². The highest BCUT2D eigenvalue weighted by atomic mass is 16.5. The van der Waals surface area contributed by atoms with E-state index in [0.717, 1.165) is 12.3 Å². The lowest BCUT2D eigenvalue weighted by molar-refractivity contribution is 0.413. The first-order valence-electron chi connectivity index (χ1n) is 6.46. The molecule has 0 spiro atoms. The Kier molecular flexibility index (Phi) is 4.22. The maximum absolute atomic E-state index is 5.25. The number of aromatic nitrogens is 2. The number of hydrogen-bond acceptors (Lipinski definition) is 3. The average Bonchev–Trinajstić information content (AvgIpc) is 2.76. The van der Waals surface area contributed by atoms with Crippen LogP contribution in [0.1, 0.15) is 29.8 Å². The molecular formula is C15H21N3O. The summed E-state index contributed by atoms with van der Waals surface area (Å²) in [4.78, 5) is 0. The van der Waals surface area contributed by atoms with Crippen LogP contribution in [0.15, 0.2) is 30.5 Å². The van der Waals surface area contributed by atoms with E-state index < -0.39 is 0 Å². The molecule has 0 aliphatic rings. The molecule has 19 heavy (non-hydrogen) atoms. The summed E-state index contributed by atoms with van der Waals surface area (Å²) in [5.74, 6) is 0.892. The fraction of sp³-hybridized carbons (Fsp3) is 0.400. The predicted molar refractivity (Wildman–Crippen MR) is 76.2 cm³/mol. The van der Waals surface area contributed by atoms with E-state index in [4.69, 9.17) is 4.74 Å². The zero-order chi connectivity index (χ0) is 13.8. The van der Waals surface area contributed by atoms with Gasteiger partial charge in [0.15, 0.2) is 0 Å². The van der Waals surface area contributed by atoms with Gasteiger partial charge in [-0.1, -0.05) is 12.1 Å². The fourth-order valence-electron chi connectivity index (χ4n) is 2.01. The number of benzene rings is 1. The van der Waals surface area contributed by atoms with E-state index in [0.29, 0.717) is 0 Å². The number of methoxy groups -OCH3 is 1. The summed E-state index contributed by atoms with van der Waals surface area (Å²) >= 11 is 0. The number of nitrogens with one attached hydrogen (secondary N) is 1. The van der Waals surface area contributed by atoms with Crippen molar-refractivity contribution in [2.75, 3.05) is 7.11 Å². The van der Waals surface area contributed by atoms with E-state index in [2.05, 4.69) is 36.4 Å². The van der Waals surface area contributed by atoms with Gasteiger partial charge in [0.25, 0.3) is 0 Å². The van der Waals surface area contributed by atoms with Crippen LogP contribution in [0.5, 0.6) is 5.75 Å². The highest BCUT2D eigenvalue weighted by Crippen LogP contribution is 2.19. The van der Waals surface area contributed by atoms with Crippen molar-refractivity contribution in [3.8, 4) is 5.75 Å². The standard InChI is InChI=1S/C15H21N3O/c1-11(13-6-5-7-15(8-13)19-4)16-9-14-10-17-18(3)12(14)2/h5-8,10-11,16H,9H2,1-4H3/t11-/m1/s1. The molecular weight excluding hydrogens is 238 g/mol. The first-order valence-corrected chi connectivity index (χ1v) is 6.46. The highest BCUT2D eigenvalue weighted by molar-refractivity contribution is 5.30. The van der Waals surface area contributed by atoms with Crippen molar-refractivity contribution in [1.82, 2.24) is 15.1 Å². The molecule has 1 N–H and O–H groups in total. The van der Waals surface area contributed by atoms with Crippen LogP contribution in [0.3, 0.4) is 0 Å². The van der Waals surface area contributed by atoms with Gasteiger partial charge in [-0.05, 0) is 31.5 Å². The van der Waals surface area contributed by atoms with E-state index in [1.54, 1.807) is 7.11 Å². The molecule has 2 aromatic rings. The number of aryl methyl sites for hydroxylation is 1. The van der Waals surface area contributed by atoms with Crippen LogP contribution in [0.2, 0.25) is 0 Å².